The summed E-state index contributed by atoms with van der Waals surface area (Å²) in [7, 11) is 0. The molecule has 1 saturated heterocycles. The lowest BCUT2D eigenvalue weighted by molar-refractivity contribution is -0.147. The summed E-state index contributed by atoms with van der Waals surface area (Å²) in [6, 6.07) is 8.87. The van der Waals surface area contributed by atoms with E-state index in [-0.39, 0.29) is 19.1 Å². The van der Waals surface area contributed by atoms with Gasteiger partial charge in [0.1, 0.15) is 0 Å². The van der Waals surface area contributed by atoms with Crippen LogP contribution in [0.1, 0.15) is 21.6 Å². The molecule has 1 amide bonds. The van der Waals surface area contributed by atoms with Crippen LogP contribution < -0.4 is 0 Å². The van der Waals surface area contributed by atoms with Gasteiger partial charge < -0.3 is 14.7 Å². The summed E-state index contributed by atoms with van der Waals surface area (Å²) in [5.41, 5.74) is 2.23. The Labute approximate surface area is 139 Å². The summed E-state index contributed by atoms with van der Waals surface area (Å²) < 4.78 is 6.93. The Balaban J connectivity index is 1.82. The van der Waals surface area contributed by atoms with E-state index in [2.05, 4.69) is 5.10 Å². The van der Waals surface area contributed by atoms with Crippen molar-refractivity contribution in [1.82, 2.24) is 14.7 Å². The van der Waals surface area contributed by atoms with Crippen LogP contribution in [-0.2, 0) is 16.1 Å². The fraction of sp³-hybridized carbons (Fsp3) is 0.353. The van der Waals surface area contributed by atoms with E-state index in [0.717, 1.165) is 11.3 Å². The Hall–Kier alpha value is -2.67. The van der Waals surface area contributed by atoms with E-state index < -0.39 is 12.0 Å². The highest BCUT2D eigenvalue weighted by Crippen LogP contribution is 2.17. The minimum atomic E-state index is -1.06. The number of benzene rings is 1. The van der Waals surface area contributed by atoms with Gasteiger partial charge in [0.2, 0.25) is 0 Å². The molecule has 2 aromatic rings. The van der Waals surface area contributed by atoms with Gasteiger partial charge in [-0.15, -0.1) is 0 Å². The van der Waals surface area contributed by atoms with Gasteiger partial charge in [-0.2, -0.15) is 5.10 Å². The number of rotatable bonds is 4. The van der Waals surface area contributed by atoms with Crippen molar-refractivity contribution in [2.45, 2.75) is 19.5 Å². The molecule has 3 rings (SSSR count). The number of aromatic nitrogens is 2. The van der Waals surface area contributed by atoms with Crippen molar-refractivity contribution < 1.29 is 19.4 Å². The summed E-state index contributed by atoms with van der Waals surface area (Å²) in [5.74, 6) is -1.38. The summed E-state index contributed by atoms with van der Waals surface area (Å²) in [5, 5.41) is 13.6. The van der Waals surface area contributed by atoms with Gasteiger partial charge in [0, 0.05) is 12.2 Å². The number of carbonyl (C=O) groups is 2. The molecule has 7 heteroatoms. The number of morpholine rings is 1. The molecule has 0 unspecified atom stereocenters. The summed E-state index contributed by atoms with van der Waals surface area (Å²) in [4.78, 5) is 25.4. The number of hydrogen-bond acceptors (Lipinski definition) is 4. The zero-order valence-electron chi connectivity index (χ0n) is 13.4. The van der Waals surface area contributed by atoms with Crippen molar-refractivity contribution >= 4 is 11.9 Å². The third-order valence-corrected chi connectivity index (χ3v) is 4.18. The second kappa shape index (κ2) is 6.84. The fourth-order valence-corrected chi connectivity index (χ4v) is 2.78. The van der Waals surface area contributed by atoms with Crippen LogP contribution in [0.3, 0.4) is 0 Å². The molecular weight excluding hydrogens is 310 g/mol. The second-order valence-electron chi connectivity index (χ2n) is 5.71. The van der Waals surface area contributed by atoms with E-state index >= 15 is 0 Å². The maximum Gasteiger partial charge on any atom is 0.328 e. The van der Waals surface area contributed by atoms with E-state index in [1.54, 1.807) is 4.68 Å². The first-order valence-corrected chi connectivity index (χ1v) is 7.76. The zero-order chi connectivity index (χ0) is 17.1. The Morgan fingerprint density at radius 1 is 1.33 bits per heavy atom. The van der Waals surface area contributed by atoms with Gasteiger partial charge in [-0.1, -0.05) is 30.3 Å². The molecule has 1 aliphatic rings. The highest BCUT2D eigenvalue weighted by molar-refractivity contribution is 5.97. The fourth-order valence-electron chi connectivity index (χ4n) is 2.78. The molecule has 0 radical (unpaired) electrons. The smallest absolute Gasteiger partial charge is 0.328 e. The van der Waals surface area contributed by atoms with Crippen LogP contribution in [0.4, 0.5) is 0 Å². The number of carboxylic acids is 1. The molecule has 1 aromatic heterocycles. The largest absolute Gasteiger partial charge is 0.480 e. The van der Waals surface area contributed by atoms with Gasteiger partial charge in [-0.25, -0.2) is 4.79 Å². The van der Waals surface area contributed by atoms with E-state index in [1.165, 1.54) is 11.1 Å². The molecule has 2 heterocycles. The second-order valence-corrected chi connectivity index (χ2v) is 5.71. The Morgan fingerprint density at radius 2 is 2.08 bits per heavy atom. The minimum Gasteiger partial charge on any atom is -0.480 e. The van der Waals surface area contributed by atoms with Crippen LogP contribution in [0.15, 0.2) is 36.5 Å². The van der Waals surface area contributed by atoms with Gasteiger partial charge in [0.25, 0.3) is 5.91 Å². The van der Waals surface area contributed by atoms with Crippen LogP contribution >= 0.6 is 0 Å². The lowest BCUT2D eigenvalue weighted by atomic mass is 10.1. The molecule has 1 N–H and O–H groups in total. The number of ether oxygens (including phenoxy) is 1. The predicted octanol–water partition coefficient (Wildman–Crippen LogP) is 1.17. The maximum absolute atomic E-state index is 12.8. The molecule has 1 atom stereocenters. The quantitative estimate of drug-likeness (QED) is 0.910. The maximum atomic E-state index is 12.8. The van der Waals surface area contributed by atoms with Crippen LogP contribution in [0.2, 0.25) is 0 Å². The third kappa shape index (κ3) is 3.16. The van der Waals surface area contributed by atoms with Gasteiger partial charge in [-0.3, -0.25) is 9.48 Å². The number of nitrogens with zero attached hydrogens (tertiary/aromatic N) is 3. The number of aliphatic carboxylic acids is 1. The van der Waals surface area contributed by atoms with Crippen LogP contribution in [0.25, 0.3) is 0 Å². The predicted molar refractivity (Wildman–Crippen MR) is 85.8 cm³/mol. The molecular formula is C17H19N3O4. The van der Waals surface area contributed by atoms with Gasteiger partial charge >= 0.3 is 5.97 Å². The molecule has 0 aliphatic carbocycles. The first kappa shape index (κ1) is 16.2. The van der Waals surface area contributed by atoms with E-state index in [4.69, 9.17) is 4.74 Å². The molecule has 0 spiro atoms. The van der Waals surface area contributed by atoms with Crippen molar-refractivity contribution in [3.05, 3.63) is 53.3 Å². The summed E-state index contributed by atoms with van der Waals surface area (Å²) >= 11 is 0. The SMILES string of the molecule is Cc1c(C(=O)N2CCOC[C@@H]2C(=O)O)cnn1Cc1ccccc1. The van der Waals surface area contributed by atoms with Crippen molar-refractivity contribution in [3.63, 3.8) is 0 Å². The Morgan fingerprint density at radius 3 is 2.79 bits per heavy atom. The van der Waals surface area contributed by atoms with Gasteiger partial charge in [0.15, 0.2) is 6.04 Å². The molecule has 1 aliphatic heterocycles. The van der Waals surface area contributed by atoms with Crippen LogP contribution in [-0.4, -0.2) is 57.5 Å². The van der Waals surface area contributed by atoms with Crippen LogP contribution in [0.5, 0.6) is 0 Å². The number of hydrogen-bond donors (Lipinski definition) is 1. The molecule has 126 valence electrons. The molecule has 0 bridgehead atoms. The molecule has 1 aromatic carbocycles. The normalized spacial score (nSPS) is 17.7. The first-order valence-electron chi connectivity index (χ1n) is 7.76. The van der Waals surface area contributed by atoms with Gasteiger partial charge in [-0.05, 0) is 12.5 Å². The monoisotopic (exact) mass is 329 g/mol. The van der Waals surface area contributed by atoms with Crippen LogP contribution in [0, 0.1) is 6.92 Å². The summed E-state index contributed by atoms with van der Waals surface area (Å²) in [6.45, 7) is 2.99. The lowest BCUT2D eigenvalue weighted by Gasteiger charge is -2.32. The third-order valence-electron chi connectivity index (χ3n) is 4.18. The number of amides is 1. The van der Waals surface area contributed by atoms with Crippen molar-refractivity contribution in [1.29, 1.82) is 0 Å². The first-order chi connectivity index (χ1) is 11.6. The molecule has 1 fully saturated rings. The molecule has 7 nitrogen and oxygen atoms in total. The zero-order valence-corrected chi connectivity index (χ0v) is 13.4. The van der Waals surface area contributed by atoms with Crippen molar-refractivity contribution in [2.24, 2.45) is 0 Å². The van der Waals surface area contributed by atoms with E-state index in [1.807, 2.05) is 37.3 Å². The van der Waals surface area contributed by atoms with Crippen molar-refractivity contribution in [2.75, 3.05) is 19.8 Å². The number of carboxylic acid groups (broad SMARTS) is 1. The number of carbonyl (C=O) groups excluding carboxylic acids is 1. The van der Waals surface area contributed by atoms with E-state index in [9.17, 15) is 14.7 Å². The highest BCUT2D eigenvalue weighted by atomic mass is 16.5. The minimum absolute atomic E-state index is 0.0122. The lowest BCUT2D eigenvalue weighted by Crippen LogP contribution is -2.52. The molecule has 0 saturated carbocycles. The highest BCUT2D eigenvalue weighted by Gasteiger charge is 2.34. The Bertz CT molecular complexity index is 742. The van der Waals surface area contributed by atoms with Crippen molar-refractivity contribution in [3.8, 4) is 0 Å². The van der Waals surface area contributed by atoms with Gasteiger partial charge in [0.05, 0.1) is 31.5 Å². The average molecular weight is 329 g/mol. The Kier molecular flexibility index (Phi) is 4.61. The standard InChI is InChI=1S/C17H19N3O4/c1-12-14(9-18-20(12)10-13-5-3-2-4-6-13)16(21)19-7-8-24-11-15(19)17(22)23/h2-6,9,15H,7-8,10-11H2,1H3,(H,22,23)/t15-/m1/s1. The molecule has 24 heavy (non-hydrogen) atoms. The van der Waals surface area contributed by atoms with E-state index in [0.29, 0.717) is 18.7 Å². The average Bonchev–Trinajstić information content (AvgIpc) is 2.96. The summed E-state index contributed by atoms with van der Waals surface area (Å²) in [6.07, 6.45) is 1.51. The topological polar surface area (TPSA) is 84.7 Å².